The second-order valence-electron chi connectivity index (χ2n) is 4.05. The van der Waals surface area contributed by atoms with Gasteiger partial charge in [0.15, 0.2) is 11.9 Å². The molecule has 1 aromatic carbocycles. The Hall–Kier alpha value is -2.43. The molecule has 0 spiro atoms. The number of para-hydroxylation sites is 1. The van der Waals surface area contributed by atoms with Crippen molar-refractivity contribution in [1.82, 2.24) is 9.97 Å². The molecule has 0 aliphatic heterocycles. The molecule has 2 aromatic rings. The molecular weight excluding hydrogens is 244 g/mol. The Labute approximate surface area is 109 Å². The molecule has 1 atom stereocenters. The number of ether oxygens (including phenoxy) is 1. The molecule has 0 fully saturated rings. The minimum Gasteiger partial charge on any atom is -0.451 e. The molecule has 0 aliphatic carbocycles. The molecule has 0 radical (unpaired) electrons. The average molecular weight is 258 g/mol. The Balaban J connectivity index is 2.35. The molecule has 98 valence electrons. The summed E-state index contributed by atoms with van der Waals surface area (Å²) in [4.78, 5) is 30.1. The number of hydrogen-bond acceptors (Lipinski definition) is 4. The van der Waals surface area contributed by atoms with Gasteiger partial charge in [-0.2, -0.15) is 0 Å². The molecule has 19 heavy (non-hydrogen) atoms. The van der Waals surface area contributed by atoms with Crippen LogP contribution in [0.4, 0.5) is 0 Å². The summed E-state index contributed by atoms with van der Waals surface area (Å²) in [6.45, 7) is 3.39. The Bertz CT molecular complexity index is 688. The highest BCUT2D eigenvalue weighted by Gasteiger charge is 2.13. The van der Waals surface area contributed by atoms with E-state index in [4.69, 9.17) is 4.74 Å². The van der Waals surface area contributed by atoms with Gasteiger partial charge in [0.2, 0.25) is 0 Å². The Morgan fingerprint density at radius 3 is 2.89 bits per heavy atom. The molecule has 5 nitrogen and oxygen atoms in total. The zero-order chi connectivity index (χ0) is 13.8. The summed E-state index contributed by atoms with van der Waals surface area (Å²) in [6.07, 6.45) is 2.29. The summed E-state index contributed by atoms with van der Waals surface area (Å²) in [5.74, 6) is -0.132. The van der Waals surface area contributed by atoms with E-state index in [-0.39, 0.29) is 5.56 Å². The minimum atomic E-state index is -0.610. The average Bonchev–Trinajstić information content (AvgIpc) is 2.39. The van der Waals surface area contributed by atoms with Gasteiger partial charge in [-0.3, -0.25) is 4.79 Å². The highest BCUT2D eigenvalue weighted by molar-refractivity contribution is 5.82. The van der Waals surface area contributed by atoms with Gasteiger partial charge in [0.1, 0.15) is 0 Å². The van der Waals surface area contributed by atoms with Gasteiger partial charge in [-0.25, -0.2) is 9.78 Å². The van der Waals surface area contributed by atoms with Crippen molar-refractivity contribution in [2.24, 2.45) is 0 Å². The number of benzene rings is 1. The summed E-state index contributed by atoms with van der Waals surface area (Å²) in [5, 5.41) is 0.512. The van der Waals surface area contributed by atoms with Gasteiger partial charge < -0.3 is 9.72 Å². The summed E-state index contributed by atoms with van der Waals surface area (Å²) >= 11 is 0. The van der Waals surface area contributed by atoms with Crippen LogP contribution in [0.25, 0.3) is 10.9 Å². The van der Waals surface area contributed by atoms with Crippen molar-refractivity contribution in [3.63, 3.8) is 0 Å². The Kier molecular flexibility index (Phi) is 3.75. The molecule has 0 saturated heterocycles. The third kappa shape index (κ3) is 2.88. The molecule has 1 N–H and O–H groups in total. The number of rotatable bonds is 3. The van der Waals surface area contributed by atoms with E-state index in [2.05, 4.69) is 9.97 Å². The first-order valence-electron chi connectivity index (χ1n) is 5.94. The van der Waals surface area contributed by atoms with Gasteiger partial charge in [-0.15, -0.1) is 0 Å². The lowest BCUT2D eigenvalue weighted by molar-refractivity contribution is -0.142. The van der Waals surface area contributed by atoms with Gasteiger partial charge in [0.05, 0.1) is 10.9 Å². The highest BCUT2D eigenvalue weighted by atomic mass is 16.5. The number of fused-ring (bicyclic) bond motifs is 1. The number of esters is 1. The first-order chi connectivity index (χ1) is 9.11. The zero-order valence-electron chi connectivity index (χ0n) is 10.7. The maximum Gasteiger partial charge on any atom is 0.331 e. The molecule has 1 heterocycles. The zero-order valence-corrected chi connectivity index (χ0v) is 10.7. The van der Waals surface area contributed by atoms with Crippen molar-refractivity contribution in [2.45, 2.75) is 20.0 Å². The molecule has 2 rings (SSSR count). The molecule has 0 amide bonds. The third-order valence-electron chi connectivity index (χ3n) is 2.61. The number of carbonyl (C=O) groups excluding carboxylic acids is 1. The maximum atomic E-state index is 11.9. The van der Waals surface area contributed by atoms with Crippen molar-refractivity contribution in [3.8, 4) is 0 Å². The largest absolute Gasteiger partial charge is 0.451 e. The number of H-pyrrole nitrogens is 1. The molecule has 1 unspecified atom stereocenters. The quantitative estimate of drug-likeness (QED) is 0.676. The molecule has 0 saturated carbocycles. The third-order valence-corrected chi connectivity index (χ3v) is 2.61. The molecule has 0 aliphatic rings. The number of carbonyl (C=O) groups is 1. The second kappa shape index (κ2) is 5.48. The van der Waals surface area contributed by atoms with Crippen LogP contribution >= 0.6 is 0 Å². The standard InChI is InChI=1S/C14H14N2O3/c1-3-6-12(17)19-9(2)13-15-11-8-5-4-7-10(11)14(18)16-13/h3-9H,1-2H3,(H,15,16,18)/b6-3+. The van der Waals surface area contributed by atoms with Gasteiger partial charge in [-0.05, 0) is 26.0 Å². The van der Waals surface area contributed by atoms with Crippen LogP contribution < -0.4 is 5.56 Å². The van der Waals surface area contributed by atoms with Crippen molar-refractivity contribution >= 4 is 16.9 Å². The van der Waals surface area contributed by atoms with Crippen LogP contribution in [0.5, 0.6) is 0 Å². The smallest absolute Gasteiger partial charge is 0.331 e. The lowest BCUT2D eigenvalue weighted by Gasteiger charge is -2.11. The van der Waals surface area contributed by atoms with Crippen molar-refractivity contribution in [3.05, 3.63) is 52.6 Å². The van der Waals surface area contributed by atoms with E-state index in [0.717, 1.165) is 0 Å². The number of aromatic nitrogens is 2. The lowest BCUT2D eigenvalue weighted by Crippen LogP contribution is -2.16. The van der Waals surface area contributed by atoms with Crippen molar-refractivity contribution < 1.29 is 9.53 Å². The Morgan fingerprint density at radius 1 is 1.42 bits per heavy atom. The number of allylic oxidation sites excluding steroid dienone is 1. The van der Waals surface area contributed by atoms with Crippen molar-refractivity contribution in [1.29, 1.82) is 0 Å². The number of hydrogen-bond donors (Lipinski definition) is 1. The normalized spacial score (nSPS) is 12.7. The van der Waals surface area contributed by atoms with E-state index in [0.29, 0.717) is 16.7 Å². The molecule has 0 bridgehead atoms. The van der Waals surface area contributed by atoms with Gasteiger partial charge in [-0.1, -0.05) is 18.2 Å². The van der Waals surface area contributed by atoms with Crippen LogP contribution in [0, 0.1) is 0 Å². The predicted octanol–water partition coefficient (Wildman–Crippen LogP) is 2.10. The summed E-state index contributed by atoms with van der Waals surface area (Å²) in [6, 6.07) is 7.01. The van der Waals surface area contributed by atoms with E-state index in [9.17, 15) is 9.59 Å². The Morgan fingerprint density at radius 2 is 2.16 bits per heavy atom. The fourth-order valence-electron chi connectivity index (χ4n) is 1.70. The fraction of sp³-hybridized carbons (Fsp3) is 0.214. The van der Waals surface area contributed by atoms with E-state index in [1.54, 1.807) is 44.2 Å². The first kappa shape index (κ1) is 13.0. The molecular formula is C14H14N2O3. The number of aromatic amines is 1. The number of nitrogens with one attached hydrogen (secondary N) is 1. The predicted molar refractivity (Wildman–Crippen MR) is 71.7 cm³/mol. The molecule has 1 aromatic heterocycles. The summed E-state index contributed by atoms with van der Waals surface area (Å²) in [5.41, 5.74) is 0.338. The van der Waals surface area contributed by atoms with Crippen LogP contribution in [-0.2, 0) is 9.53 Å². The van der Waals surface area contributed by atoms with E-state index in [1.165, 1.54) is 6.08 Å². The fourth-order valence-corrected chi connectivity index (χ4v) is 1.70. The maximum absolute atomic E-state index is 11.9. The summed E-state index contributed by atoms with van der Waals surface area (Å²) < 4.78 is 5.12. The van der Waals surface area contributed by atoms with E-state index in [1.807, 2.05) is 0 Å². The van der Waals surface area contributed by atoms with Crippen LogP contribution in [0.1, 0.15) is 25.8 Å². The highest BCUT2D eigenvalue weighted by Crippen LogP contribution is 2.14. The van der Waals surface area contributed by atoms with Gasteiger partial charge >= 0.3 is 5.97 Å². The molecule has 5 heteroatoms. The van der Waals surface area contributed by atoms with E-state index < -0.39 is 12.1 Å². The lowest BCUT2D eigenvalue weighted by atomic mass is 10.2. The van der Waals surface area contributed by atoms with Crippen LogP contribution in [0.2, 0.25) is 0 Å². The van der Waals surface area contributed by atoms with Gasteiger partial charge in [0.25, 0.3) is 5.56 Å². The van der Waals surface area contributed by atoms with Crippen molar-refractivity contribution in [2.75, 3.05) is 0 Å². The van der Waals surface area contributed by atoms with Crippen LogP contribution in [-0.4, -0.2) is 15.9 Å². The number of nitrogens with zero attached hydrogens (tertiary/aromatic N) is 1. The van der Waals surface area contributed by atoms with Gasteiger partial charge in [0, 0.05) is 6.08 Å². The minimum absolute atomic E-state index is 0.241. The first-order valence-corrected chi connectivity index (χ1v) is 5.94. The topological polar surface area (TPSA) is 72.0 Å². The monoisotopic (exact) mass is 258 g/mol. The van der Waals surface area contributed by atoms with E-state index >= 15 is 0 Å². The summed E-state index contributed by atoms with van der Waals surface area (Å²) in [7, 11) is 0. The van der Waals surface area contributed by atoms with Crippen LogP contribution in [0.15, 0.2) is 41.2 Å². The van der Waals surface area contributed by atoms with Crippen LogP contribution in [0.3, 0.4) is 0 Å². The second-order valence-corrected chi connectivity index (χ2v) is 4.05. The SMILES string of the molecule is C/C=C/C(=O)OC(C)c1nc2ccccc2c(=O)[nH]1.